The number of ether oxygens (including phenoxy) is 1. The number of nitrogens with zero attached hydrogens (tertiary/aromatic N) is 4. The van der Waals surface area contributed by atoms with E-state index >= 15 is 0 Å². The van der Waals surface area contributed by atoms with Crippen molar-refractivity contribution in [2.45, 2.75) is 69.6 Å². The van der Waals surface area contributed by atoms with Gasteiger partial charge in [0, 0.05) is 19.2 Å². The molecule has 0 atom stereocenters. The summed E-state index contributed by atoms with van der Waals surface area (Å²) in [5.41, 5.74) is 1.94. The molecule has 2 fully saturated rings. The van der Waals surface area contributed by atoms with Gasteiger partial charge in [-0.1, -0.05) is 25.0 Å². The van der Waals surface area contributed by atoms with Crippen LogP contribution in [0.1, 0.15) is 57.4 Å². The van der Waals surface area contributed by atoms with Crippen LogP contribution in [0.15, 0.2) is 30.5 Å². The summed E-state index contributed by atoms with van der Waals surface area (Å²) in [6.07, 6.45) is 10.8. The van der Waals surface area contributed by atoms with Gasteiger partial charge in [0.15, 0.2) is 5.65 Å². The van der Waals surface area contributed by atoms with Gasteiger partial charge in [0.05, 0.1) is 18.0 Å². The van der Waals surface area contributed by atoms with Crippen molar-refractivity contribution in [2.75, 3.05) is 17.7 Å². The van der Waals surface area contributed by atoms with E-state index in [4.69, 9.17) is 14.7 Å². The minimum atomic E-state index is -0.298. The normalized spacial score (nSPS) is 22.1. The average molecular weight is 425 g/mol. The van der Waals surface area contributed by atoms with Gasteiger partial charge in [-0.25, -0.2) is 14.4 Å². The highest BCUT2D eigenvalue weighted by Gasteiger charge is 2.26. The van der Waals surface area contributed by atoms with Gasteiger partial charge in [-0.3, -0.25) is 4.57 Å². The molecule has 2 aliphatic carbocycles. The summed E-state index contributed by atoms with van der Waals surface area (Å²) in [4.78, 5) is 14.1. The van der Waals surface area contributed by atoms with Crippen LogP contribution >= 0.6 is 0 Å². The first-order valence-electron chi connectivity index (χ1n) is 11.3. The van der Waals surface area contributed by atoms with Crippen molar-refractivity contribution in [1.29, 1.82) is 0 Å². The van der Waals surface area contributed by atoms with Crippen LogP contribution in [-0.4, -0.2) is 38.8 Å². The maximum atomic E-state index is 14.3. The third-order valence-corrected chi connectivity index (χ3v) is 6.58. The van der Waals surface area contributed by atoms with Gasteiger partial charge in [0.2, 0.25) is 11.9 Å². The van der Waals surface area contributed by atoms with Crippen molar-refractivity contribution in [3.63, 3.8) is 0 Å². The Kier molecular flexibility index (Phi) is 5.72. The zero-order chi connectivity index (χ0) is 21.2. The van der Waals surface area contributed by atoms with Crippen LogP contribution < -0.4 is 10.6 Å². The number of fused-ring (bicyclic) bond motifs is 1. The van der Waals surface area contributed by atoms with Crippen molar-refractivity contribution in [3.05, 3.63) is 36.3 Å². The molecule has 2 N–H and O–H groups in total. The predicted molar refractivity (Wildman–Crippen MR) is 119 cm³/mol. The number of hydrogen-bond acceptors (Lipinski definition) is 6. The lowest BCUT2D eigenvalue weighted by Gasteiger charge is -2.28. The standard InChI is InChI=1S/C23H29FN6O/c1-31-17-12-10-15(11-13-17)26-22-25-14-20-21(29-22)30(16-6-2-3-7-16)23(28-20)27-19-9-5-4-8-18(19)24/h4-5,8-9,14-17H,2-3,6-7,10-13H2,1H3,(H,27,28)(H,25,26,29). The summed E-state index contributed by atoms with van der Waals surface area (Å²) in [5.74, 6) is 0.955. The number of aromatic nitrogens is 4. The Morgan fingerprint density at radius 3 is 2.55 bits per heavy atom. The summed E-state index contributed by atoms with van der Waals surface area (Å²) in [5, 5.41) is 6.70. The number of anilines is 3. The maximum Gasteiger partial charge on any atom is 0.224 e. The molecular weight excluding hydrogens is 395 g/mol. The number of hydrogen-bond donors (Lipinski definition) is 2. The molecule has 0 aliphatic heterocycles. The van der Waals surface area contributed by atoms with E-state index in [1.807, 2.05) is 6.07 Å². The second-order valence-electron chi connectivity index (χ2n) is 8.60. The monoisotopic (exact) mass is 424 g/mol. The predicted octanol–water partition coefficient (Wildman–Crippen LogP) is 5.19. The van der Waals surface area contributed by atoms with Crippen molar-refractivity contribution in [1.82, 2.24) is 19.5 Å². The molecule has 3 aromatic rings. The number of nitrogens with one attached hydrogen (secondary N) is 2. The second-order valence-corrected chi connectivity index (χ2v) is 8.60. The molecule has 1 aromatic carbocycles. The highest BCUT2D eigenvalue weighted by Crippen LogP contribution is 2.36. The zero-order valence-corrected chi connectivity index (χ0v) is 17.9. The topological polar surface area (TPSA) is 76.9 Å². The molecule has 0 unspecified atom stereocenters. The van der Waals surface area contributed by atoms with Gasteiger partial charge in [-0.2, -0.15) is 4.98 Å². The molecule has 8 heteroatoms. The minimum Gasteiger partial charge on any atom is -0.381 e. The molecule has 7 nitrogen and oxygen atoms in total. The van der Waals surface area contributed by atoms with E-state index in [-0.39, 0.29) is 5.82 Å². The van der Waals surface area contributed by atoms with Crippen LogP contribution in [0.3, 0.4) is 0 Å². The lowest BCUT2D eigenvalue weighted by molar-refractivity contribution is 0.0681. The summed E-state index contributed by atoms with van der Waals surface area (Å²) in [7, 11) is 1.78. The quantitative estimate of drug-likeness (QED) is 0.567. The van der Waals surface area contributed by atoms with Crippen LogP contribution in [0.5, 0.6) is 0 Å². The van der Waals surface area contributed by atoms with Crippen molar-refractivity contribution >= 4 is 28.7 Å². The fourth-order valence-electron chi connectivity index (χ4n) is 4.87. The van der Waals surface area contributed by atoms with E-state index in [0.717, 1.165) is 49.7 Å². The number of rotatable bonds is 6. The third-order valence-electron chi connectivity index (χ3n) is 6.58. The third kappa shape index (κ3) is 4.21. The Balaban J connectivity index is 1.45. The van der Waals surface area contributed by atoms with Crippen molar-refractivity contribution in [3.8, 4) is 0 Å². The molecule has 5 rings (SSSR count). The first-order chi connectivity index (χ1) is 15.2. The Hall–Kier alpha value is -2.74. The smallest absolute Gasteiger partial charge is 0.224 e. The molecule has 0 saturated heterocycles. The van der Waals surface area contributed by atoms with Crippen LogP contribution in [0, 0.1) is 5.82 Å². The lowest BCUT2D eigenvalue weighted by atomic mass is 9.93. The van der Waals surface area contributed by atoms with E-state index in [1.54, 1.807) is 25.4 Å². The zero-order valence-electron chi connectivity index (χ0n) is 17.9. The van der Waals surface area contributed by atoms with E-state index in [1.165, 1.54) is 18.9 Å². The first kappa shape index (κ1) is 20.2. The fourth-order valence-corrected chi connectivity index (χ4v) is 4.87. The average Bonchev–Trinajstić information content (AvgIpc) is 3.43. The molecule has 2 saturated carbocycles. The molecule has 0 radical (unpaired) electrons. The summed E-state index contributed by atoms with van der Waals surface area (Å²) < 4.78 is 21.9. The van der Waals surface area contributed by atoms with E-state index in [9.17, 15) is 4.39 Å². The second kappa shape index (κ2) is 8.78. The minimum absolute atomic E-state index is 0.298. The molecule has 2 heterocycles. The van der Waals surface area contributed by atoms with E-state index in [2.05, 4.69) is 20.2 Å². The van der Waals surface area contributed by atoms with Crippen LogP contribution in [0.25, 0.3) is 11.2 Å². The number of methoxy groups -OCH3 is 1. The van der Waals surface area contributed by atoms with Crippen molar-refractivity contribution < 1.29 is 9.13 Å². The number of benzene rings is 1. The molecule has 0 spiro atoms. The Morgan fingerprint density at radius 2 is 1.81 bits per heavy atom. The first-order valence-corrected chi connectivity index (χ1v) is 11.3. The summed E-state index contributed by atoms with van der Waals surface area (Å²) in [6, 6.07) is 7.33. The van der Waals surface area contributed by atoms with E-state index in [0.29, 0.717) is 35.8 Å². The number of imidazole rings is 1. The van der Waals surface area contributed by atoms with Gasteiger partial charge in [0.25, 0.3) is 0 Å². The van der Waals surface area contributed by atoms with Crippen LogP contribution in [-0.2, 0) is 4.74 Å². The van der Waals surface area contributed by atoms with Gasteiger partial charge < -0.3 is 15.4 Å². The lowest BCUT2D eigenvalue weighted by Crippen LogP contribution is -2.29. The highest BCUT2D eigenvalue weighted by atomic mass is 19.1. The Labute approximate surface area is 181 Å². The Bertz CT molecular complexity index is 1040. The van der Waals surface area contributed by atoms with Gasteiger partial charge in [-0.05, 0) is 50.7 Å². The SMILES string of the molecule is COC1CCC(Nc2ncc3nc(Nc4ccccc4F)n(C4CCCC4)c3n2)CC1. The van der Waals surface area contributed by atoms with Crippen molar-refractivity contribution in [2.24, 2.45) is 0 Å². The van der Waals surface area contributed by atoms with Gasteiger partial charge in [-0.15, -0.1) is 0 Å². The number of para-hydroxylation sites is 1. The number of halogens is 1. The molecule has 31 heavy (non-hydrogen) atoms. The molecular formula is C23H29FN6O. The van der Waals surface area contributed by atoms with Crippen LogP contribution in [0.2, 0.25) is 0 Å². The fraction of sp³-hybridized carbons (Fsp3) is 0.522. The summed E-state index contributed by atoms with van der Waals surface area (Å²) in [6.45, 7) is 0. The van der Waals surface area contributed by atoms with Gasteiger partial charge >= 0.3 is 0 Å². The molecule has 0 amide bonds. The van der Waals surface area contributed by atoms with E-state index < -0.39 is 0 Å². The Morgan fingerprint density at radius 1 is 1.03 bits per heavy atom. The molecule has 164 valence electrons. The molecule has 2 aromatic heterocycles. The highest BCUT2D eigenvalue weighted by molar-refractivity contribution is 5.76. The summed E-state index contributed by atoms with van der Waals surface area (Å²) >= 11 is 0. The van der Waals surface area contributed by atoms with Gasteiger partial charge in [0.1, 0.15) is 11.3 Å². The maximum absolute atomic E-state index is 14.3. The largest absolute Gasteiger partial charge is 0.381 e. The molecule has 2 aliphatic rings. The molecule has 0 bridgehead atoms. The van der Waals surface area contributed by atoms with Crippen LogP contribution in [0.4, 0.5) is 22.0 Å².